The number of aryl methyl sites for hydroxylation is 1. The maximum Gasteiger partial charge on any atom is 0.309 e. The van der Waals surface area contributed by atoms with Gasteiger partial charge in [-0.2, -0.15) is 0 Å². The number of aromatic nitrogens is 1. The average molecular weight is 223 g/mol. The van der Waals surface area contributed by atoms with Crippen LogP contribution >= 0.6 is 0 Å². The lowest BCUT2D eigenvalue weighted by Gasteiger charge is -2.16. The number of pyridine rings is 1. The van der Waals surface area contributed by atoms with Gasteiger partial charge in [-0.25, -0.2) is 0 Å². The summed E-state index contributed by atoms with van der Waals surface area (Å²) in [6.45, 7) is 1.87. The van der Waals surface area contributed by atoms with E-state index in [0.717, 1.165) is 11.1 Å². The second-order valence-electron chi connectivity index (χ2n) is 3.92. The summed E-state index contributed by atoms with van der Waals surface area (Å²) >= 11 is 0. The van der Waals surface area contributed by atoms with Gasteiger partial charge in [0.2, 0.25) is 0 Å². The molecule has 1 aromatic heterocycles. The molecule has 0 spiro atoms. The lowest BCUT2D eigenvalue weighted by molar-refractivity contribution is -0.144. The number of carbonyl (C=O) groups is 1. The molecule has 0 aromatic carbocycles. The number of ether oxygens (including phenoxy) is 1. The van der Waals surface area contributed by atoms with Crippen LogP contribution in [0, 0.1) is 12.8 Å². The second kappa shape index (κ2) is 4.19. The molecule has 2 rings (SSSR count). The monoisotopic (exact) mass is 223 g/mol. The molecule has 0 saturated carbocycles. The van der Waals surface area contributed by atoms with Gasteiger partial charge in [-0.1, -0.05) is 0 Å². The molecule has 86 valence electrons. The average Bonchev–Trinajstić information content (AvgIpc) is 2.61. The molecule has 2 N–H and O–H groups in total. The van der Waals surface area contributed by atoms with Gasteiger partial charge in [0, 0.05) is 24.4 Å². The molecule has 1 aliphatic heterocycles. The Morgan fingerprint density at radius 2 is 2.38 bits per heavy atom. The first-order chi connectivity index (χ1) is 7.59. The Labute approximate surface area is 92.7 Å². The van der Waals surface area contributed by atoms with Gasteiger partial charge >= 0.3 is 5.97 Å². The minimum Gasteiger partial charge on any atom is -0.481 e. The van der Waals surface area contributed by atoms with Crippen LogP contribution in [0.5, 0.6) is 0 Å². The third-order valence-corrected chi connectivity index (χ3v) is 2.83. The van der Waals surface area contributed by atoms with Crippen LogP contribution in [0.4, 0.5) is 0 Å². The van der Waals surface area contributed by atoms with Gasteiger partial charge in [-0.3, -0.25) is 9.78 Å². The minimum absolute atomic E-state index is 0.119. The number of aliphatic hydroxyl groups is 1. The Kier molecular flexibility index (Phi) is 2.89. The van der Waals surface area contributed by atoms with E-state index in [1.54, 1.807) is 18.5 Å². The van der Waals surface area contributed by atoms with Crippen molar-refractivity contribution in [2.45, 2.75) is 25.7 Å². The van der Waals surface area contributed by atoms with Crippen molar-refractivity contribution in [2.24, 2.45) is 5.92 Å². The van der Waals surface area contributed by atoms with E-state index in [4.69, 9.17) is 9.84 Å². The summed E-state index contributed by atoms with van der Waals surface area (Å²) in [7, 11) is 0. The van der Waals surface area contributed by atoms with Gasteiger partial charge in [-0.05, 0) is 18.6 Å². The zero-order chi connectivity index (χ0) is 11.7. The third-order valence-electron chi connectivity index (χ3n) is 2.83. The predicted octanol–water partition coefficient (Wildman–Crippen LogP) is 0.871. The van der Waals surface area contributed by atoms with E-state index >= 15 is 0 Å². The number of aliphatic carboxylic acids is 1. The molecule has 0 aliphatic carbocycles. The van der Waals surface area contributed by atoms with Gasteiger partial charge in [-0.15, -0.1) is 0 Å². The molecular weight excluding hydrogens is 210 g/mol. The molecule has 5 heteroatoms. The third kappa shape index (κ3) is 1.91. The smallest absolute Gasteiger partial charge is 0.309 e. The van der Waals surface area contributed by atoms with Crippen LogP contribution in [0.3, 0.4) is 0 Å². The number of hydrogen-bond acceptors (Lipinski definition) is 4. The van der Waals surface area contributed by atoms with Gasteiger partial charge < -0.3 is 14.9 Å². The van der Waals surface area contributed by atoms with E-state index < -0.39 is 24.3 Å². The molecule has 1 saturated heterocycles. The fraction of sp³-hybridized carbons (Fsp3) is 0.455. The summed E-state index contributed by atoms with van der Waals surface area (Å²) in [5, 5.41) is 18.4. The molecule has 1 aromatic rings. The maximum absolute atomic E-state index is 11.0. The normalized spacial score (nSPS) is 29.2. The van der Waals surface area contributed by atoms with Gasteiger partial charge in [0.05, 0.1) is 5.92 Å². The van der Waals surface area contributed by atoms with Crippen LogP contribution in [0.15, 0.2) is 18.5 Å². The van der Waals surface area contributed by atoms with E-state index in [1.165, 1.54) is 0 Å². The van der Waals surface area contributed by atoms with E-state index in [9.17, 15) is 9.90 Å². The molecule has 16 heavy (non-hydrogen) atoms. The standard InChI is InChI=1S/C11H13NO4/c1-6-2-3-12-5-8(6)10-7(11(14)15)4-9(13)16-10/h2-3,5,7,9-10,13H,4H2,1H3,(H,14,15). The van der Waals surface area contributed by atoms with E-state index in [0.29, 0.717) is 0 Å². The van der Waals surface area contributed by atoms with Crippen molar-refractivity contribution in [1.29, 1.82) is 0 Å². The first-order valence-corrected chi connectivity index (χ1v) is 5.06. The first-order valence-electron chi connectivity index (χ1n) is 5.06. The van der Waals surface area contributed by atoms with Gasteiger partial charge in [0.25, 0.3) is 0 Å². The Morgan fingerprint density at radius 1 is 1.62 bits per heavy atom. The van der Waals surface area contributed by atoms with Crippen LogP contribution in [0.25, 0.3) is 0 Å². The van der Waals surface area contributed by atoms with Crippen LogP contribution in [0.2, 0.25) is 0 Å². The number of rotatable bonds is 2. The minimum atomic E-state index is -1.01. The highest BCUT2D eigenvalue weighted by Gasteiger charge is 2.40. The van der Waals surface area contributed by atoms with Crippen molar-refractivity contribution in [1.82, 2.24) is 4.98 Å². The number of aliphatic hydroxyl groups excluding tert-OH is 1. The van der Waals surface area contributed by atoms with E-state index in [1.807, 2.05) is 6.92 Å². The van der Waals surface area contributed by atoms with Crippen LogP contribution in [-0.2, 0) is 9.53 Å². The fourth-order valence-corrected chi connectivity index (χ4v) is 1.95. The summed E-state index contributed by atoms with van der Waals surface area (Å²) < 4.78 is 5.24. The second-order valence-corrected chi connectivity index (χ2v) is 3.92. The lowest BCUT2D eigenvalue weighted by Crippen LogP contribution is -2.18. The highest BCUT2D eigenvalue weighted by Crippen LogP contribution is 2.38. The van der Waals surface area contributed by atoms with Crippen LogP contribution < -0.4 is 0 Å². The molecule has 0 radical (unpaired) electrons. The quantitative estimate of drug-likeness (QED) is 0.777. The molecule has 1 aliphatic rings. The van der Waals surface area contributed by atoms with Crippen molar-refractivity contribution in [3.63, 3.8) is 0 Å². The molecule has 3 atom stereocenters. The Morgan fingerprint density at radius 3 is 3.00 bits per heavy atom. The molecule has 1 fully saturated rings. The van der Waals surface area contributed by atoms with Crippen molar-refractivity contribution < 1.29 is 19.7 Å². The van der Waals surface area contributed by atoms with E-state index in [2.05, 4.69) is 4.98 Å². The molecule has 0 amide bonds. The number of carboxylic acids is 1. The highest BCUT2D eigenvalue weighted by atomic mass is 16.6. The summed E-state index contributed by atoms with van der Waals surface area (Å²) in [5.41, 5.74) is 1.65. The predicted molar refractivity (Wildman–Crippen MR) is 54.5 cm³/mol. The molecule has 0 bridgehead atoms. The van der Waals surface area contributed by atoms with Crippen LogP contribution in [-0.4, -0.2) is 27.5 Å². The number of hydrogen-bond donors (Lipinski definition) is 2. The van der Waals surface area contributed by atoms with Gasteiger partial charge in [0.1, 0.15) is 6.10 Å². The summed E-state index contributed by atoms with van der Waals surface area (Å²) in [4.78, 5) is 15.0. The summed E-state index contributed by atoms with van der Waals surface area (Å²) in [6, 6.07) is 1.79. The maximum atomic E-state index is 11.0. The highest BCUT2D eigenvalue weighted by molar-refractivity contribution is 5.71. The zero-order valence-corrected chi connectivity index (χ0v) is 8.83. The fourth-order valence-electron chi connectivity index (χ4n) is 1.95. The topological polar surface area (TPSA) is 79.7 Å². The SMILES string of the molecule is Cc1ccncc1C1OC(O)CC1C(=O)O. The van der Waals surface area contributed by atoms with Crippen molar-refractivity contribution in [3.8, 4) is 0 Å². The zero-order valence-electron chi connectivity index (χ0n) is 8.83. The van der Waals surface area contributed by atoms with Crippen LogP contribution in [0.1, 0.15) is 23.7 Å². The molecule has 2 heterocycles. The first kappa shape index (κ1) is 11.0. The van der Waals surface area contributed by atoms with Gasteiger partial charge in [0.15, 0.2) is 6.29 Å². The summed E-state index contributed by atoms with van der Waals surface area (Å²) in [6.07, 6.45) is 1.73. The molecule has 3 unspecified atom stereocenters. The van der Waals surface area contributed by atoms with Crippen molar-refractivity contribution >= 4 is 5.97 Å². The van der Waals surface area contributed by atoms with Crippen molar-refractivity contribution in [3.05, 3.63) is 29.6 Å². The lowest BCUT2D eigenvalue weighted by atomic mass is 9.94. The van der Waals surface area contributed by atoms with Crippen molar-refractivity contribution in [2.75, 3.05) is 0 Å². The Hall–Kier alpha value is -1.46. The largest absolute Gasteiger partial charge is 0.481 e. The number of nitrogens with zero attached hydrogens (tertiary/aromatic N) is 1. The van der Waals surface area contributed by atoms with E-state index in [-0.39, 0.29) is 6.42 Å². The summed E-state index contributed by atoms with van der Waals surface area (Å²) in [5.74, 6) is -1.66. The number of carboxylic acid groups (broad SMARTS) is 1. The molecular formula is C11H13NO4. The Bertz CT molecular complexity index is 407. The molecule has 5 nitrogen and oxygen atoms in total. The Balaban J connectivity index is 2.33.